The van der Waals surface area contributed by atoms with Gasteiger partial charge in [-0.25, -0.2) is 0 Å². The van der Waals surface area contributed by atoms with Crippen LogP contribution in [0.5, 0.6) is 0 Å². The first-order valence-electron chi connectivity index (χ1n) is 28.4. The summed E-state index contributed by atoms with van der Waals surface area (Å²) in [6.07, 6.45) is -64.0. The molecule has 0 spiro atoms. The van der Waals surface area contributed by atoms with Gasteiger partial charge in [0.05, 0.1) is 61.6 Å². The van der Waals surface area contributed by atoms with Crippen LogP contribution in [0.2, 0.25) is 0 Å². The lowest BCUT2D eigenvalue weighted by Crippen LogP contribution is -2.68. The molecule has 18 N–H and O–H groups in total. The minimum Gasteiger partial charge on any atom is -0.394 e. The highest BCUT2D eigenvalue weighted by Gasteiger charge is 2.63. The SMILES string of the molecule is Cc1cc(C)c(S(=O)(=O)O[C@H]2[C@H]3O[C@H]4[C@@H]5S[C@H]5[C@@H](O[C@H]5[C@H](O)[C@@H](O)[C@@H](O[C@H]6[C@H](O)[C@@H](O)[C@@H](O[C@H]7[C@H](O)[C@@H](O)[C@@H](O[C@H]8[C@H](O)[C@@H](O)[C@@H](O[C@H]9[C@H](O)[C@@H](O)[C@@H](O[C@@H]([C@@H]2O)[C@@H](CO)O3)O[C@@H]9CO)O[C@@H]8CO)O[C@@H]7CO)O[C@@H]6CO)O[C@@H]5CO)O[C@@H]4CO)c(C)c1. The molecule has 88 heavy (non-hydrogen) atoms. The van der Waals surface area contributed by atoms with Crippen LogP contribution in [0.4, 0.5) is 0 Å². The van der Waals surface area contributed by atoms with E-state index in [1.807, 2.05) is 0 Å². The molecule has 0 aliphatic carbocycles. The van der Waals surface area contributed by atoms with E-state index in [0.717, 1.165) is 11.8 Å². The number of ether oxygens (including phenoxy) is 14. The summed E-state index contributed by atoms with van der Waals surface area (Å²) in [6.45, 7) is -2.33. The van der Waals surface area contributed by atoms with Crippen molar-refractivity contribution in [1.29, 1.82) is 0 Å². The van der Waals surface area contributed by atoms with Crippen LogP contribution in [0.15, 0.2) is 17.0 Å². The lowest BCUT2D eigenvalue weighted by Gasteiger charge is -2.50. The molecule has 0 unspecified atom stereocenters. The maximum Gasteiger partial charge on any atom is 0.298 e. The van der Waals surface area contributed by atoms with Gasteiger partial charge in [-0.1, -0.05) is 17.7 Å². The number of aryl methyl sites for hydroxylation is 3. The van der Waals surface area contributed by atoms with E-state index in [0.29, 0.717) is 5.56 Å². The number of thioether (sulfide) groups is 1. The van der Waals surface area contributed by atoms with E-state index < -0.39 is 270 Å². The summed E-state index contributed by atoms with van der Waals surface area (Å²) in [4.78, 5) is -0.317. The molecule has 35 atom stereocenters. The van der Waals surface area contributed by atoms with E-state index in [9.17, 15) is 100 Å². The molecule has 35 nitrogen and oxygen atoms in total. The second-order valence-corrected chi connectivity index (χ2v) is 25.9. The van der Waals surface area contributed by atoms with Crippen LogP contribution in [0, 0.1) is 20.8 Å². The van der Waals surface area contributed by atoms with E-state index in [2.05, 4.69) is 0 Å². The lowest BCUT2D eigenvalue weighted by molar-refractivity contribution is -0.396. The van der Waals surface area contributed by atoms with Crippen molar-refractivity contribution < 1.29 is 171 Å². The van der Waals surface area contributed by atoms with Crippen LogP contribution in [0.25, 0.3) is 0 Å². The number of hydrogen-bond donors (Lipinski definition) is 18. The van der Waals surface area contributed by atoms with Crippen molar-refractivity contribution in [2.45, 2.75) is 239 Å². The third kappa shape index (κ3) is 13.3. The first kappa shape index (κ1) is 69.0. The van der Waals surface area contributed by atoms with Crippen LogP contribution in [0.3, 0.4) is 0 Å². The van der Waals surface area contributed by atoms with Crippen molar-refractivity contribution in [2.24, 2.45) is 0 Å². The van der Waals surface area contributed by atoms with Gasteiger partial charge in [-0.3, -0.25) is 4.18 Å². The fraction of sp³-hybridized carbons (Fsp3) is 0.882. The number of aliphatic hydroxyl groups excluding tert-OH is 18. The van der Waals surface area contributed by atoms with Crippen molar-refractivity contribution in [3.05, 3.63) is 28.8 Å². The third-order valence-electron chi connectivity index (χ3n) is 17.0. The number of hydrogen-bond acceptors (Lipinski definition) is 36. The highest BCUT2D eigenvalue weighted by molar-refractivity contribution is 8.07. The molecule has 16 heterocycles. The highest BCUT2D eigenvalue weighted by atomic mass is 32.2. The Bertz CT molecular complexity index is 2550. The molecule has 16 aliphatic rings. The smallest absolute Gasteiger partial charge is 0.298 e. The fourth-order valence-electron chi connectivity index (χ4n) is 12.5. The summed E-state index contributed by atoms with van der Waals surface area (Å²) >= 11 is 1.12. The van der Waals surface area contributed by atoms with Crippen molar-refractivity contribution in [1.82, 2.24) is 0 Å². The molecule has 0 saturated carbocycles. The van der Waals surface area contributed by atoms with E-state index in [1.165, 1.54) is 13.8 Å². The molecule has 1 aromatic carbocycles. The Labute approximate surface area is 505 Å². The minimum absolute atomic E-state index is 0.227. The largest absolute Gasteiger partial charge is 0.394 e. The van der Waals surface area contributed by atoms with Gasteiger partial charge in [-0.05, 0) is 31.9 Å². The van der Waals surface area contributed by atoms with Gasteiger partial charge in [0.25, 0.3) is 10.1 Å². The quantitative estimate of drug-likeness (QED) is 0.0764. The van der Waals surface area contributed by atoms with Crippen LogP contribution < -0.4 is 0 Å². The molecule has 16 saturated heterocycles. The minimum atomic E-state index is -4.96. The molecule has 504 valence electrons. The first-order chi connectivity index (χ1) is 41.8. The van der Waals surface area contributed by atoms with Crippen LogP contribution in [-0.4, -0.2) is 360 Å². The molecule has 16 fully saturated rings. The molecule has 0 aromatic heterocycles. The van der Waals surface area contributed by atoms with Gasteiger partial charge in [-0.2, -0.15) is 8.42 Å². The van der Waals surface area contributed by atoms with Crippen LogP contribution in [-0.2, 0) is 80.6 Å². The summed E-state index contributed by atoms with van der Waals surface area (Å²) in [6, 6.07) is 3.11. The fourth-order valence-corrected chi connectivity index (χ4v) is 15.2. The maximum atomic E-state index is 14.4. The number of fused-ring (bicyclic) bond motifs is 7. The summed E-state index contributed by atoms with van der Waals surface area (Å²) in [5.74, 6) is 0. The van der Waals surface area contributed by atoms with Gasteiger partial charge in [0.1, 0.15) is 153 Å². The van der Waals surface area contributed by atoms with Gasteiger partial charge >= 0.3 is 0 Å². The molecule has 17 rings (SSSR count). The molecular weight excluding hydrogens is 1240 g/mol. The Morgan fingerprint density at radius 1 is 0.341 bits per heavy atom. The zero-order valence-electron chi connectivity index (χ0n) is 47.1. The highest BCUT2D eigenvalue weighted by Crippen LogP contribution is 2.54. The maximum absolute atomic E-state index is 14.4. The average Bonchev–Trinajstić information content (AvgIpc) is 3.18. The number of aliphatic hydroxyl groups is 18. The normalized spacial score (nSPS) is 50.4. The summed E-state index contributed by atoms with van der Waals surface area (Å²) < 4.78 is 117. The van der Waals surface area contributed by atoms with Crippen molar-refractivity contribution in [2.75, 3.05) is 46.2 Å². The summed E-state index contributed by atoms with van der Waals surface area (Å²) in [7, 11) is -4.96. The van der Waals surface area contributed by atoms with E-state index in [-0.39, 0.29) is 16.0 Å². The summed E-state index contributed by atoms with van der Waals surface area (Å²) in [5.41, 5.74) is 1.14. The molecule has 14 bridgehead atoms. The van der Waals surface area contributed by atoms with Crippen LogP contribution >= 0.6 is 11.8 Å². The molecule has 0 amide bonds. The predicted molar refractivity (Wildman–Crippen MR) is 278 cm³/mol. The standard InChI is InChI=1S/C51H78O35S2/c1-13-4-14(2)44(15(3)5-13)88(70,71)86-41-33(69)39-21(11-57)77-50(41)85-40-22(12-58)78-51(43-42(40)87-43)84-38-20(10-56)76-48(32(68)27(38)63)82-36-18(8-54)74-46(30(66)25(36)61)80-34-16(6-52)72-45(28(64)23(34)59)79-35-17(7-53)73-47(29(65)24(35)60)81-37-19(9-55)75-49(83-39)31(67)26(37)62/h4-5,16-43,45-69H,6-12H2,1-3H3/t16-,17-,18-,19-,20-,21-,22-,23-,24-,25-,26-,27-,28-,29-,30-,31-,32-,33+,34-,35-,36-,37-,38-,39-,40-,41-,42+,43-,45-,46-,47-,48-,49-,50-,51-/m1/s1. The van der Waals surface area contributed by atoms with Crippen molar-refractivity contribution >= 4 is 21.9 Å². The molecule has 37 heteroatoms. The Kier molecular flexibility index (Phi) is 22.2. The molecular formula is C51H78O35S2. The molecule has 0 radical (unpaired) electrons. The lowest BCUT2D eigenvalue weighted by atomic mass is 9.95. The van der Waals surface area contributed by atoms with Gasteiger partial charge < -0.3 is 158 Å². The number of benzene rings is 1. The third-order valence-corrected chi connectivity index (χ3v) is 20.1. The van der Waals surface area contributed by atoms with Gasteiger partial charge in [0.2, 0.25) is 0 Å². The van der Waals surface area contributed by atoms with E-state index >= 15 is 0 Å². The van der Waals surface area contributed by atoms with Gasteiger partial charge in [0.15, 0.2) is 50.1 Å². The zero-order chi connectivity index (χ0) is 63.7. The Morgan fingerprint density at radius 3 is 0.898 bits per heavy atom. The molecule has 16 aliphatic heterocycles. The Hall–Kier alpha value is -1.80. The van der Waals surface area contributed by atoms with E-state index in [4.69, 9.17) is 70.5 Å². The second-order valence-electron chi connectivity index (χ2n) is 23.0. The van der Waals surface area contributed by atoms with Crippen molar-refractivity contribution in [3.8, 4) is 0 Å². The Balaban J connectivity index is 0.969. The van der Waals surface area contributed by atoms with E-state index in [1.54, 1.807) is 19.1 Å². The van der Waals surface area contributed by atoms with Gasteiger partial charge in [0, 0.05) is 0 Å². The topological polar surface area (TPSA) is 537 Å². The van der Waals surface area contributed by atoms with Crippen LogP contribution in [0.1, 0.15) is 16.7 Å². The van der Waals surface area contributed by atoms with Crippen molar-refractivity contribution in [3.63, 3.8) is 0 Å². The Morgan fingerprint density at radius 2 is 0.591 bits per heavy atom. The summed E-state index contributed by atoms with van der Waals surface area (Å²) in [5, 5.41) is 200. The average molecular weight is 1320 g/mol. The predicted octanol–water partition coefficient (Wildman–Crippen LogP) is -11.1. The zero-order valence-corrected chi connectivity index (χ0v) is 48.8. The monoisotopic (exact) mass is 1310 g/mol. The molecule has 1 aromatic rings. The number of rotatable bonds is 10. The second kappa shape index (κ2) is 28.3. The van der Waals surface area contributed by atoms with Gasteiger partial charge in [-0.15, -0.1) is 11.8 Å². The first-order valence-corrected chi connectivity index (χ1v) is 30.8.